The van der Waals surface area contributed by atoms with Crippen molar-refractivity contribution in [1.29, 1.82) is 0 Å². The van der Waals surface area contributed by atoms with Gasteiger partial charge in [-0.2, -0.15) is 0 Å². The number of fused-ring (bicyclic) bond motifs is 1. The molecule has 7 nitrogen and oxygen atoms in total. The SMILES string of the molecule is CCOc1ccccc1NC(=O)CSc1nc2ccccc2c(=O)n1CCOC. The number of anilines is 1. The van der Waals surface area contributed by atoms with Crippen LogP contribution in [0.1, 0.15) is 6.92 Å². The van der Waals surface area contributed by atoms with Crippen molar-refractivity contribution in [2.45, 2.75) is 18.6 Å². The molecule has 0 saturated carbocycles. The summed E-state index contributed by atoms with van der Waals surface area (Å²) in [4.78, 5) is 29.9. The average Bonchev–Trinajstić information content (AvgIpc) is 2.73. The minimum atomic E-state index is -0.206. The summed E-state index contributed by atoms with van der Waals surface area (Å²) in [6.07, 6.45) is 0. The smallest absolute Gasteiger partial charge is 0.262 e. The zero-order valence-electron chi connectivity index (χ0n) is 16.4. The molecule has 1 N–H and O–H groups in total. The third kappa shape index (κ3) is 5.16. The molecule has 0 aliphatic rings. The second-order valence-electron chi connectivity index (χ2n) is 6.13. The van der Waals surface area contributed by atoms with Gasteiger partial charge in [-0.25, -0.2) is 4.98 Å². The molecule has 8 heteroatoms. The Bertz CT molecular complexity index is 1050. The number of hydrogen-bond acceptors (Lipinski definition) is 6. The molecular formula is C21H23N3O4S. The second kappa shape index (κ2) is 10.1. The minimum Gasteiger partial charge on any atom is -0.492 e. The van der Waals surface area contributed by atoms with Gasteiger partial charge in [0.1, 0.15) is 5.75 Å². The second-order valence-corrected chi connectivity index (χ2v) is 7.07. The normalized spacial score (nSPS) is 10.8. The maximum absolute atomic E-state index is 12.8. The number of thioether (sulfide) groups is 1. The number of amides is 1. The van der Waals surface area contributed by atoms with Crippen LogP contribution in [0.2, 0.25) is 0 Å². The van der Waals surface area contributed by atoms with E-state index in [9.17, 15) is 9.59 Å². The Labute approximate surface area is 173 Å². The maximum atomic E-state index is 12.8. The van der Waals surface area contributed by atoms with E-state index in [2.05, 4.69) is 10.3 Å². The lowest BCUT2D eigenvalue weighted by Crippen LogP contribution is -2.26. The zero-order valence-corrected chi connectivity index (χ0v) is 17.2. The number of carbonyl (C=O) groups is 1. The van der Waals surface area contributed by atoms with Gasteiger partial charge in [-0.3, -0.25) is 14.2 Å². The molecular weight excluding hydrogens is 390 g/mol. The highest BCUT2D eigenvalue weighted by atomic mass is 32.2. The molecule has 2 aromatic carbocycles. The first-order chi connectivity index (χ1) is 14.1. The van der Waals surface area contributed by atoms with Crippen molar-refractivity contribution in [3.63, 3.8) is 0 Å². The van der Waals surface area contributed by atoms with Crippen LogP contribution in [-0.2, 0) is 16.1 Å². The highest BCUT2D eigenvalue weighted by Crippen LogP contribution is 2.24. The lowest BCUT2D eigenvalue weighted by molar-refractivity contribution is -0.113. The van der Waals surface area contributed by atoms with Crippen LogP contribution in [0.4, 0.5) is 5.69 Å². The van der Waals surface area contributed by atoms with E-state index in [1.807, 2.05) is 31.2 Å². The Morgan fingerprint density at radius 1 is 1.17 bits per heavy atom. The van der Waals surface area contributed by atoms with Crippen LogP contribution in [0.15, 0.2) is 58.5 Å². The van der Waals surface area contributed by atoms with Gasteiger partial charge in [0.05, 0.1) is 42.1 Å². The van der Waals surface area contributed by atoms with Crippen LogP contribution in [0.25, 0.3) is 10.9 Å². The van der Waals surface area contributed by atoms with Crippen LogP contribution >= 0.6 is 11.8 Å². The molecule has 0 bridgehead atoms. The van der Waals surface area contributed by atoms with Gasteiger partial charge in [0.25, 0.3) is 5.56 Å². The fourth-order valence-corrected chi connectivity index (χ4v) is 3.63. The molecule has 0 spiro atoms. The van der Waals surface area contributed by atoms with Crippen molar-refractivity contribution in [2.75, 3.05) is 31.4 Å². The van der Waals surface area contributed by atoms with Gasteiger partial charge in [0, 0.05) is 7.11 Å². The van der Waals surface area contributed by atoms with Gasteiger partial charge in [0.15, 0.2) is 5.16 Å². The molecule has 0 aliphatic heterocycles. The topological polar surface area (TPSA) is 82.5 Å². The van der Waals surface area contributed by atoms with E-state index in [-0.39, 0.29) is 17.2 Å². The quantitative estimate of drug-likeness (QED) is 0.429. The van der Waals surface area contributed by atoms with Crippen molar-refractivity contribution < 1.29 is 14.3 Å². The first-order valence-corrected chi connectivity index (χ1v) is 10.3. The van der Waals surface area contributed by atoms with E-state index >= 15 is 0 Å². The lowest BCUT2D eigenvalue weighted by Gasteiger charge is -2.13. The summed E-state index contributed by atoms with van der Waals surface area (Å²) >= 11 is 1.22. The molecule has 3 rings (SSSR count). The molecule has 0 radical (unpaired) electrons. The molecule has 3 aromatic rings. The molecule has 0 unspecified atom stereocenters. The van der Waals surface area contributed by atoms with Crippen molar-refractivity contribution in [3.05, 3.63) is 58.9 Å². The van der Waals surface area contributed by atoms with Crippen LogP contribution in [0.5, 0.6) is 5.75 Å². The van der Waals surface area contributed by atoms with Gasteiger partial charge in [0.2, 0.25) is 5.91 Å². The standard InChI is InChI=1S/C21H23N3O4S/c1-3-28-18-11-7-6-10-17(18)22-19(25)14-29-21-23-16-9-5-4-8-15(16)20(26)24(21)12-13-27-2/h4-11H,3,12-14H2,1-2H3,(H,22,25). The van der Waals surface area contributed by atoms with Gasteiger partial charge < -0.3 is 14.8 Å². The summed E-state index contributed by atoms with van der Waals surface area (Å²) in [5.41, 5.74) is 1.08. The summed E-state index contributed by atoms with van der Waals surface area (Å²) < 4.78 is 12.2. The van der Waals surface area contributed by atoms with Crippen molar-refractivity contribution in [1.82, 2.24) is 9.55 Å². The predicted octanol–water partition coefficient (Wildman–Crippen LogP) is 3.17. The van der Waals surface area contributed by atoms with E-state index in [0.717, 1.165) is 0 Å². The summed E-state index contributed by atoms with van der Waals surface area (Å²) in [5, 5.41) is 3.89. The first-order valence-electron chi connectivity index (χ1n) is 9.27. The van der Waals surface area contributed by atoms with Crippen molar-refractivity contribution >= 4 is 34.3 Å². The summed E-state index contributed by atoms with van der Waals surface area (Å²) in [5.74, 6) is 0.523. The van der Waals surface area contributed by atoms with E-state index in [0.29, 0.717) is 47.3 Å². The summed E-state index contributed by atoms with van der Waals surface area (Å²) in [6.45, 7) is 3.14. The molecule has 1 aromatic heterocycles. The molecule has 1 heterocycles. The largest absolute Gasteiger partial charge is 0.492 e. The Morgan fingerprint density at radius 2 is 1.93 bits per heavy atom. The third-order valence-corrected chi connectivity index (χ3v) is 5.12. The fourth-order valence-electron chi connectivity index (χ4n) is 2.81. The first kappa shape index (κ1) is 20.9. The van der Waals surface area contributed by atoms with Crippen molar-refractivity contribution in [2.24, 2.45) is 0 Å². The Balaban J connectivity index is 1.79. The molecule has 0 aliphatic carbocycles. The number of carbonyl (C=O) groups excluding carboxylic acids is 1. The summed E-state index contributed by atoms with van der Waals surface area (Å²) in [6, 6.07) is 14.5. The van der Waals surface area contributed by atoms with Gasteiger partial charge >= 0.3 is 0 Å². The van der Waals surface area contributed by atoms with Crippen LogP contribution < -0.4 is 15.6 Å². The zero-order chi connectivity index (χ0) is 20.6. The van der Waals surface area contributed by atoms with Gasteiger partial charge in [-0.05, 0) is 31.2 Å². The maximum Gasteiger partial charge on any atom is 0.262 e. The van der Waals surface area contributed by atoms with E-state index in [1.165, 1.54) is 11.8 Å². The Hall–Kier alpha value is -2.84. The number of para-hydroxylation sites is 3. The Morgan fingerprint density at radius 3 is 2.72 bits per heavy atom. The predicted molar refractivity (Wildman–Crippen MR) is 115 cm³/mol. The third-order valence-electron chi connectivity index (χ3n) is 4.14. The van der Waals surface area contributed by atoms with Gasteiger partial charge in [-0.15, -0.1) is 0 Å². The van der Waals surface area contributed by atoms with Crippen LogP contribution in [-0.4, -0.2) is 41.5 Å². The number of nitrogens with one attached hydrogen (secondary N) is 1. The number of rotatable bonds is 9. The Kier molecular flexibility index (Phi) is 7.26. The number of aromatic nitrogens is 2. The molecule has 0 saturated heterocycles. The highest BCUT2D eigenvalue weighted by molar-refractivity contribution is 7.99. The lowest BCUT2D eigenvalue weighted by atomic mass is 10.2. The number of benzene rings is 2. The van der Waals surface area contributed by atoms with Crippen LogP contribution in [0, 0.1) is 0 Å². The molecule has 152 valence electrons. The molecule has 1 amide bonds. The highest BCUT2D eigenvalue weighted by Gasteiger charge is 2.14. The monoisotopic (exact) mass is 413 g/mol. The van der Waals surface area contributed by atoms with E-state index < -0.39 is 0 Å². The van der Waals surface area contributed by atoms with Gasteiger partial charge in [-0.1, -0.05) is 36.0 Å². The van der Waals surface area contributed by atoms with Crippen LogP contribution in [0.3, 0.4) is 0 Å². The molecule has 0 atom stereocenters. The van der Waals surface area contributed by atoms with E-state index in [1.54, 1.807) is 35.9 Å². The van der Waals surface area contributed by atoms with Crippen molar-refractivity contribution in [3.8, 4) is 5.75 Å². The summed E-state index contributed by atoms with van der Waals surface area (Å²) in [7, 11) is 1.58. The average molecular weight is 413 g/mol. The number of nitrogens with zero attached hydrogens (tertiary/aromatic N) is 2. The number of methoxy groups -OCH3 is 1. The fraction of sp³-hybridized carbons (Fsp3) is 0.286. The molecule has 29 heavy (non-hydrogen) atoms. The number of ether oxygens (including phenoxy) is 2. The number of hydrogen-bond donors (Lipinski definition) is 1. The van der Waals surface area contributed by atoms with E-state index in [4.69, 9.17) is 9.47 Å². The minimum absolute atomic E-state index is 0.109. The molecule has 0 fully saturated rings.